The molecule has 0 aliphatic heterocycles. The van der Waals surface area contributed by atoms with Crippen LogP contribution in [0, 0.1) is 17.0 Å². The molecule has 1 rings (SSSR count). The van der Waals surface area contributed by atoms with Gasteiger partial charge in [-0.25, -0.2) is 0 Å². The maximum atomic E-state index is 11.3. The number of anilines is 1. The lowest BCUT2D eigenvalue weighted by molar-refractivity contribution is -0.384. The number of rotatable bonds is 3. The lowest BCUT2D eigenvalue weighted by atomic mass is 10.2. The number of nitro groups is 1. The van der Waals surface area contributed by atoms with E-state index >= 15 is 0 Å². The molecule has 1 N–H and O–H groups in total. The number of amides is 1. The molecule has 16 heavy (non-hydrogen) atoms. The normalized spacial score (nSPS) is 11.9. The van der Waals surface area contributed by atoms with Crippen molar-refractivity contribution in [2.75, 3.05) is 5.32 Å². The molecule has 86 valence electrons. The summed E-state index contributed by atoms with van der Waals surface area (Å²) in [5.41, 5.74) is 1.15. The van der Waals surface area contributed by atoms with Crippen molar-refractivity contribution in [3.8, 4) is 0 Å². The largest absolute Gasteiger partial charge is 0.325 e. The number of non-ortho nitro benzene ring substituents is 1. The van der Waals surface area contributed by atoms with E-state index in [1.54, 1.807) is 13.8 Å². The van der Waals surface area contributed by atoms with Crippen molar-refractivity contribution in [2.24, 2.45) is 0 Å². The van der Waals surface area contributed by atoms with Gasteiger partial charge in [0.15, 0.2) is 0 Å². The molecule has 0 unspecified atom stereocenters. The summed E-state index contributed by atoms with van der Waals surface area (Å²) in [6.07, 6.45) is 0. The summed E-state index contributed by atoms with van der Waals surface area (Å²) in [7, 11) is 0. The number of aryl methyl sites for hydroxylation is 1. The average molecular weight is 243 g/mol. The number of hydrogen-bond acceptors (Lipinski definition) is 3. The maximum absolute atomic E-state index is 11.3. The first-order chi connectivity index (χ1) is 7.41. The summed E-state index contributed by atoms with van der Waals surface area (Å²) in [6, 6.07) is 4.22. The van der Waals surface area contributed by atoms with E-state index in [0.29, 0.717) is 11.3 Å². The second kappa shape index (κ2) is 4.94. The van der Waals surface area contributed by atoms with Gasteiger partial charge in [0.25, 0.3) is 5.69 Å². The molecule has 1 atom stereocenters. The van der Waals surface area contributed by atoms with Crippen molar-refractivity contribution >= 4 is 28.9 Å². The predicted octanol–water partition coefficient (Wildman–Crippen LogP) is 2.47. The molecule has 0 fully saturated rings. The third-order valence-corrected chi connectivity index (χ3v) is 2.24. The van der Waals surface area contributed by atoms with Gasteiger partial charge in [-0.15, -0.1) is 11.6 Å². The summed E-state index contributed by atoms with van der Waals surface area (Å²) in [4.78, 5) is 21.3. The Morgan fingerprint density at radius 1 is 1.56 bits per heavy atom. The Morgan fingerprint density at radius 3 is 2.62 bits per heavy atom. The minimum atomic E-state index is -0.644. The van der Waals surface area contributed by atoms with Gasteiger partial charge in [0.2, 0.25) is 5.91 Å². The smallest absolute Gasteiger partial charge is 0.269 e. The predicted molar refractivity (Wildman–Crippen MR) is 61.8 cm³/mol. The van der Waals surface area contributed by atoms with E-state index in [0.717, 1.165) is 0 Å². The number of carbonyl (C=O) groups excluding carboxylic acids is 1. The van der Waals surface area contributed by atoms with Crippen LogP contribution in [0.4, 0.5) is 11.4 Å². The van der Waals surface area contributed by atoms with Gasteiger partial charge in [-0.3, -0.25) is 14.9 Å². The molecular formula is C10H11ClN2O3. The van der Waals surface area contributed by atoms with E-state index in [9.17, 15) is 14.9 Å². The average Bonchev–Trinajstić information content (AvgIpc) is 2.20. The molecule has 5 nitrogen and oxygen atoms in total. The number of nitro benzene ring substituents is 1. The van der Waals surface area contributed by atoms with Crippen LogP contribution in [0.3, 0.4) is 0 Å². The fraction of sp³-hybridized carbons (Fsp3) is 0.300. The van der Waals surface area contributed by atoms with Gasteiger partial charge in [0.05, 0.1) is 4.92 Å². The highest BCUT2D eigenvalue weighted by atomic mass is 35.5. The molecule has 0 heterocycles. The first-order valence-electron chi connectivity index (χ1n) is 4.62. The van der Waals surface area contributed by atoms with Crippen molar-refractivity contribution in [1.82, 2.24) is 0 Å². The van der Waals surface area contributed by atoms with Crippen molar-refractivity contribution < 1.29 is 9.72 Å². The van der Waals surface area contributed by atoms with Gasteiger partial charge in [0, 0.05) is 17.8 Å². The number of carbonyl (C=O) groups is 1. The number of nitrogens with one attached hydrogen (secondary N) is 1. The van der Waals surface area contributed by atoms with Crippen LogP contribution >= 0.6 is 11.6 Å². The highest BCUT2D eigenvalue weighted by Crippen LogP contribution is 2.21. The molecule has 0 aliphatic rings. The fourth-order valence-corrected chi connectivity index (χ4v) is 1.19. The van der Waals surface area contributed by atoms with Crippen LogP contribution in [-0.2, 0) is 4.79 Å². The van der Waals surface area contributed by atoms with Crippen LogP contribution in [0.15, 0.2) is 18.2 Å². The van der Waals surface area contributed by atoms with Crippen molar-refractivity contribution in [1.29, 1.82) is 0 Å². The Bertz CT molecular complexity index is 432. The summed E-state index contributed by atoms with van der Waals surface area (Å²) in [6.45, 7) is 3.24. The summed E-state index contributed by atoms with van der Waals surface area (Å²) in [5, 5.41) is 12.4. The molecule has 6 heteroatoms. The first kappa shape index (κ1) is 12.4. The minimum Gasteiger partial charge on any atom is -0.325 e. The monoisotopic (exact) mass is 242 g/mol. The summed E-state index contributed by atoms with van der Waals surface area (Å²) < 4.78 is 0. The molecule has 1 aromatic carbocycles. The Kier molecular flexibility index (Phi) is 3.84. The van der Waals surface area contributed by atoms with Crippen molar-refractivity contribution in [3.05, 3.63) is 33.9 Å². The number of benzene rings is 1. The van der Waals surface area contributed by atoms with Crippen LogP contribution in [0.2, 0.25) is 0 Å². The molecule has 0 bridgehead atoms. The van der Waals surface area contributed by atoms with E-state index in [4.69, 9.17) is 11.6 Å². The number of alkyl halides is 1. The van der Waals surface area contributed by atoms with Crippen LogP contribution in [-0.4, -0.2) is 16.2 Å². The Balaban J connectivity index is 2.91. The molecular weight excluding hydrogens is 232 g/mol. The highest BCUT2D eigenvalue weighted by molar-refractivity contribution is 6.32. The van der Waals surface area contributed by atoms with Gasteiger partial charge in [-0.1, -0.05) is 0 Å². The zero-order valence-electron chi connectivity index (χ0n) is 8.86. The van der Waals surface area contributed by atoms with Gasteiger partial charge in [-0.2, -0.15) is 0 Å². The van der Waals surface area contributed by atoms with Crippen LogP contribution in [0.1, 0.15) is 12.5 Å². The summed E-state index contributed by atoms with van der Waals surface area (Å²) >= 11 is 5.59. The highest BCUT2D eigenvalue weighted by Gasteiger charge is 2.12. The number of hydrogen-bond donors (Lipinski definition) is 1. The Labute approximate surface area is 97.6 Å². The van der Waals surface area contributed by atoms with E-state index in [-0.39, 0.29) is 11.6 Å². The van der Waals surface area contributed by atoms with Crippen molar-refractivity contribution in [2.45, 2.75) is 19.2 Å². The molecule has 0 saturated heterocycles. The van der Waals surface area contributed by atoms with Gasteiger partial charge < -0.3 is 5.32 Å². The summed E-state index contributed by atoms with van der Waals surface area (Å²) in [5.74, 6) is -0.335. The zero-order chi connectivity index (χ0) is 12.3. The second-order valence-corrected chi connectivity index (χ2v) is 4.02. The molecule has 1 amide bonds. The lowest BCUT2D eigenvalue weighted by Gasteiger charge is -2.08. The SMILES string of the molecule is Cc1cc([N+](=O)[O-])ccc1NC(=O)[C@H](C)Cl. The molecule has 1 aromatic rings. The van der Waals surface area contributed by atoms with Crippen LogP contribution in [0.5, 0.6) is 0 Å². The number of halogens is 1. The zero-order valence-corrected chi connectivity index (χ0v) is 9.62. The van der Waals surface area contributed by atoms with E-state index in [1.165, 1.54) is 18.2 Å². The van der Waals surface area contributed by atoms with E-state index in [2.05, 4.69) is 5.32 Å². The first-order valence-corrected chi connectivity index (χ1v) is 5.05. The topological polar surface area (TPSA) is 72.2 Å². The Morgan fingerprint density at radius 2 is 2.19 bits per heavy atom. The van der Waals surface area contributed by atoms with Crippen LogP contribution < -0.4 is 5.32 Å². The molecule has 0 spiro atoms. The van der Waals surface area contributed by atoms with Gasteiger partial charge in [-0.05, 0) is 25.5 Å². The second-order valence-electron chi connectivity index (χ2n) is 3.36. The minimum absolute atomic E-state index is 0.00517. The van der Waals surface area contributed by atoms with Crippen LogP contribution in [0.25, 0.3) is 0 Å². The quantitative estimate of drug-likeness (QED) is 0.503. The standard InChI is InChI=1S/C10H11ClN2O3/c1-6-5-8(13(15)16)3-4-9(6)12-10(14)7(2)11/h3-5,7H,1-2H3,(H,12,14)/t7-/m0/s1. The molecule has 0 aliphatic carbocycles. The van der Waals surface area contributed by atoms with E-state index < -0.39 is 10.3 Å². The third-order valence-electron chi connectivity index (χ3n) is 2.04. The van der Waals surface area contributed by atoms with Gasteiger partial charge in [0.1, 0.15) is 5.38 Å². The lowest BCUT2D eigenvalue weighted by Crippen LogP contribution is -2.20. The molecule has 0 saturated carbocycles. The van der Waals surface area contributed by atoms with Gasteiger partial charge >= 0.3 is 0 Å². The third kappa shape index (κ3) is 2.93. The number of nitrogens with zero attached hydrogens (tertiary/aromatic N) is 1. The maximum Gasteiger partial charge on any atom is 0.269 e. The van der Waals surface area contributed by atoms with Crippen molar-refractivity contribution in [3.63, 3.8) is 0 Å². The fourth-order valence-electron chi connectivity index (χ4n) is 1.13. The molecule has 0 aromatic heterocycles. The molecule has 0 radical (unpaired) electrons. The Hall–Kier alpha value is -1.62. The van der Waals surface area contributed by atoms with E-state index in [1.807, 2.05) is 0 Å².